The Morgan fingerprint density at radius 1 is 0.771 bits per heavy atom. The van der Waals surface area contributed by atoms with E-state index in [2.05, 4.69) is 5.32 Å². The Morgan fingerprint density at radius 2 is 1.34 bits per heavy atom. The highest BCUT2D eigenvalue weighted by molar-refractivity contribution is 6.02. The number of halogens is 4. The van der Waals surface area contributed by atoms with Crippen LogP contribution in [0.4, 0.5) is 17.6 Å². The molecule has 1 saturated heterocycles. The molecule has 4 rings (SSSR count). The highest BCUT2D eigenvalue weighted by Gasteiger charge is 2.44. The van der Waals surface area contributed by atoms with Crippen LogP contribution in [0.25, 0.3) is 0 Å². The van der Waals surface area contributed by atoms with E-state index >= 15 is 0 Å². The summed E-state index contributed by atoms with van der Waals surface area (Å²) in [7, 11) is 0. The fraction of sp³-hybridized carbons (Fsp3) is 0.375. The first kappa shape index (κ1) is 24.6. The number of rotatable bonds is 4. The lowest BCUT2D eigenvalue weighted by Crippen LogP contribution is -2.56. The largest absolute Gasteiger partial charge is 0.350 e. The minimum absolute atomic E-state index is 0.0297. The van der Waals surface area contributed by atoms with Gasteiger partial charge in [-0.15, -0.1) is 0 Å². The highest BCUT2D eigenvalue weighted by Crippen LogP contribution is 2.24. The summed E-state index contributed by atoms with van der Waals surface area (Å²) in [6.07, 6.45) is 1.15. The smallest absolute Gasteiger partial charge is 0.264 e. The van der Waals surface area contributed by atoms with E-state index in [0.717, 1.165) is 34.1 Å². The van der Waals surface area contributed by atoms with E-state index in [1.807, 2.05) is 0 Å². The van der Waals surface area contributed by atoms with Gasteiger partial charge in [0.2, 0.25) is 0 Å². The van der Waals surface area contributed by atoms with Crippen molar-refractivity contribution in [2.45, 2.75) is 43.9 Å². The van der Waals surface area contributed by atoms with Crippen LogP contribution in [-0.2, 0) is 4.79 Å². The lowest BCUT2D eigenvalue weighted by Gasteiger charge is -2.32. The van der Waals surface area contributed by atoms with E-state index in [1.165, 1.54) is 0 Å². The maximum Gasteiger partial charge on any atom is 0.264 e. The van der Waals surface area contributed by atoms with Crippen LogP contribution in [0.1, 0.15) is 46.4 Å². The summed E-state index contributed by atoms with van der Waals surface area (Å²) in [5, 5.41) is 2.83. The summed E-state index contributed by atoms with van der Waals surface area (Å²) < 4.78 is 54.6. The van der Waals surface area contributed by atoms with Crippen LogP contribution < -0.4 is 11.1 Å². The monoisotopic (exact) mass is 492 g/mol. The summed E-state index contributed by atoms with van der Waals surface area (Å²) in [5.74, 6) is -6.63. The third-order valence-electron chi connectivity index (χ3n) is 6.32. The van der Waals surface area contributed by atoms with Gasteiger partial charge in [-0.25, -0.2) is 17.6 Å². The molecule has 0 radical (unpaired) electrons. The molecule has 35 heavy (non-hydrogen) atoms. The number of hydrogen-bond acceptors (Lipinski definition) is 4. The van der Waals surface area contributed by atoms with E-state index in [9.17, 15) is 31.9 Å². The van der Waals surface area contributed by atoms with Crippen molar-refractivity contribution in [3.63, 3.8) is 0 Å². The van der Waals surface area contributed by atoms with Crippen molar-refractivity contribution in [3.05, 3.63) is 70.8 Å². The molecule has 2 aromatic rings. The molecule has 186 valence electrons. The van der Waals surface area contributed by atoms with Crippen LogP contribution in [0.5, 0.6) is 0 Å². The molecule has 2 aromatic carbocycles. The quantitative estimate of drug-likeness (QED) is 0.642. The first-order chi connectivity index (χ1) is 16.6. The van der Waals surface area contributed by atoms with E-state index < -0.39 is 47.2 Å². The number of nitrogens with two attached hydrogens (primary N) is 1. The fourth-order valence-corrected chi connectivity index (χ4v) is 4.51. The molecule has 1 aliphatic carbocycles. The molecule has 2 fully saturated rings. The standard InChI is InChI=1S/C24H24F4N4O3/c25-15-9-14(10-16(26)12-15)24(35)32-8-7-31(23(34)13-1-6-19(27)20(28)11-13)22(32)21(33)30-18-4-2-17(29)3-5-18/h1,6,9-12,17-18,22H,2-5,7-8,29H2,(H,30,33). The zero-order chi connectivity index (χ0) is 25.3. The van der Waals surface area contributed by atoms with Gasteiger partial charge >= 0.3 is 0 Å². The molecule has 0 spiro atoms. The van der Waals surface area contributed by atoms with Gasteiger partial charge in [-0.05, 0) is 56.0 Å². The van der Waals surface area contributed by atoms with Crippen LogP contribution in [0, 0.1) is 23.3 Å². The molecule has 1 aliphatic heterocycles. The summed E-state index contributed by atoms with van der Waals surface area (Å²) in [6, 6.07) is 4.65. The van der Waals surface area contributed by atoms with Gasteiger partial charge in [-0.2, -0.15) is 0 Å². The molecule has 7 nitrogen and oxygen atoms in total. The van der Waals surface area contributed by atoms with Crippen molar-refractivity contribution in [1.29, 1.82) is 0 Å². The second-order valence-electron chi connectivity index (χ2n) is 8.78. The molecule has 0 aromatic heterocycles. The number of benzene rings is 2. The summed E-state index contributed by atoms with van der Waals surface area (Å²) in [6.45, 7) is -0.213. The van der Waals surface area contributed by atoms with Gasteiger partial charge in [0.05, 0.1) is 0 Å². The molecule has 11 heteroatoms. The average Bonchev–Trinajstić information content (AvgIpc) is 3.26. The van der Waals surface area contributed by atoms with E-state index in [1.54, 1.807) is 0 Å². The molecular formula is C24H24F4N4O3. The number of nitrogens with zero attached hydrogens (tertiary/aromatic N) is 2. The molecule has 3 amide bonds. The first-order valence-corrected chi connectivity index (χ1v) is 11.2. The third-order valence-corrected chi connectivity index (χ3v) is 6.32. The Labute approximate surface area is 198 Å². The van der Waals surface area contributed by atoms with Crippen LogP contribution in [0.2, 0.25) is 0 Å². The molecular weight excluding hydrogens is 468 g/mol. The van der Waals surface area contributed by atoms with Crippen molar-refractivity contribution >= 4 is 17.7 Å². The predicted octanol–water partition coefficient (Wildman–Crippen LogP) is 2.55. The number of nitrogens with one attached hydrogen (secondary N) is 1. The minimum atomic E-state index is -1.45. The Morgan fingerprint density at radius 3 is 1.91 bits per heavy atom. The minimum Gasteiger partial charge on any atom is -0.350 e. The Balaban J connectivity index is 1.63. The van der Waals surface area contributed by atoms with Gasteiger partial charge in [0.15, 0.2) is 17.8 Å². The van der Waals surface area contributed by atoms with E-state index in [0.29, 0.717) is 37.8 Å². The maximum absolute atomic E-state index is 13.8. The zero-order valence-corrected chi connectivity index (χ0v) is 18.6. The fourth-order valence-electron chi connectivity index (χ4n) is 4.51. The lowest BCUT2D eigenvalue weighted by molar-refractivity contribution is -0.129. The van der Waals surface area contributed by atoms with Crippen LogP contribution in [0.3, 0.4) is 0 Å². The normalized spacial score (nSPS) is 22.3. The average molecular weight is 492 g/mol. The van der Waals surface area contributed by atoms with Crippen LogP contribution in [-0.4, -0.2) is 58.9 Å². The van der Waals surface area contributed by atoms with Gasteiger partial charge in [0, 0.05) is 42.4 Å². The van der Waals surface area contributed by atoms with Crippen LogP contribution in [0.15, 0.2) is 36.4 Å². The first-order valence-electron chi connectivity index (χ1n) is 11.2. The predicted molar refractivity (Wildman–Crippen MR) is 117 cm³/mol. The maximum atomic E-state index is 13.8. The molecule has 1 heterocycles. The summed E-state index contributed by atoms with van der Waals surface area (Å²) in [4.78, 5) is 41.7. The molecule has 0 bridgehead atoms. The summed E-state index contributed by atoms with van der Waals surface area (Å²) in [5.41, 5.74) is 5.37. The molecule has 1 saturated carbocycles. The van der Waals surface area contributed by atoms with Gasteiger partial charge in [-0.1, -0.05) is 0 Å². The van der Waals surface area contributed by atoms with Gasteiger partial charge < -0.3 is 20.9 Å². The van der Waals surface area contributed by atoms with E-state index in [-0.39, 0.29) is 36.3 Å². The Hall–Kier alpha value is -3.47. The lowest BCUT2D eigenvalue weighted by atomic mass is 9.92. The highest BCUT2D eigenvalue weighted by atomic mass is 19.2. The van der Waals surface area contributed by atoms with Gasteiger partial charge in [0.1, 0.15) is 11.6 Å². The van der Waals surface area contributed by atoms with Gasteiger partial charge in [-0.3, -0.25) is 14.4 Å². The number of carbonyl (C=O) groups is 3. The van der Waals surface area contributed by atoms with Gasteiger partial charge in [0.25, 0.3) is 17.7 Å². The molecule has 3 N–H and O–H groups in total. The second kappa shape index (κ2) is 10.0. The van der Waals surface area contributed by atoms with Crippen molar-refractivity contribution < 1.29 is 31.9 Å². The Bertz CT molecular complexity index is 1130. The van der Waals surface area contributed by atoms with Crippen molar-refractivity contribution in [2.24, 2.45) is 5.73 Å². The molecule has 1 atom stereocenters. The van der Waals surface area contributed by atoms with Crippen molar-refractivity contribution in [3.8, 4) is 0 Å². The summed E-state index contributed by atoms with van der Waals surface area (Å²) >= 11 is 0. The van der Waals surface area contributed by atoms with E-state index in [4.69, 9.17) is 5.73 Å². The topological polar surface area (TPSA) is 95.7 Å². The van der Waals surface area contributed by atoms with Crippen LogP contribution >= 0.6 is 0 Å². The zero-order valence-electron chi connectivity index (χ0n) is 18.6. The Kier molecular flexibility index (Phi) is 7.06. The second-order valence-corrected chi connectivity index (χ2v) is 8.78. The van der Waals surface area contributed by atoms with Crippen molar-refractivity contribution in [1.82, 2.24) is 15.1 Å². The molecule has 1 unspecified atom stereocenters. The SMILES string of the molecule is NC1CCC(NC(=O)C2N(C(=O)c3cc(F)cc(F)c3)CCN2C(=O)c2ccc(F)c(F)c2)CC1. The number of carbonyl (C=O) groups excluding carboxylic acids is 3. The van der Waals surface area contributed by atoms with Crippen molar-refractivity contribution in [2.75, 3.05) is 13.1 Å². The third kappa shape index (κ3) is 5.29. The number of hydrogen-bond donors (Lipinski definition) is 2. The molecule has 2 aliphatic rings. The number of amides is 3.